The van der Waals surface area contributed by atoms with Crippen LogP contribution < -0.4 is 10.2 Å². The zero-order chi connectivity index (χ0) is 12.2. The van der Waals surface area contributed by atoms with Gasteiger partial charge in [-0.05, 0) is 12.1 Å². The van der Waals surface area contributed by atoms with E-state index in [0.717, 1.165) is 0 Å². The molecule has 0 atom stereocenters. The number of nitrogens with zero attached hydrogens (tertiary/aromatic N) is 1. The van der Waals surface area contributed by atoms with Crippen molar-refractivity contribution in [3.63, 3.8) is 0 Å². The molecule has 5 nitrogen and oxygen atoms in total. The van der Waals surface area contributed by atoms with Gasteiger partial charge in [-0.3, -0.25) is 0 Å². The number of nitrogens with one attached hydrogen (secondary N) is 1. The average Bonchev–Trinajstić information content (AvgIpc) is 2.14. The highest BCUT2D eigenvalue weighted by molar-refractivity contribution is 6.76. The van der Waals surface area contributed by atoms with Crippen LogP contribution in [-0.2, 0) is 0 Å². The van der Waals surface area contributed by atoms with E-state index in [2.05, 4.69) is 25.1 Å². The molecule has 0 radical (unpaired) electrons. The average molecular weight is 240 g/mol. The van der Waals surface area contributed by atoms with E-state index in [4.69, 9.17) is 4.74 Å². The lowest BCUT2D eigenvalue weighted by Crippen LogP contribution is -2.30. The second kappa shape index (κ2) is 4.98. The Kier molecular flexibility index (Phi) is 3.89. The molecule has 88 valence electrons. The number of anilines is 1. The molecule has 0 saturated carbocycles. The second-order valence-corrected chi connectivity index (χ2v) is 10.1. The quantitative estimate of drug-likeness (QED) is 0.488. The van der Waals surface area contributed by atoms with Crippen molar-refractivity contribution in [1.82, 2.24) is 0 Å². The number of nitro groups is 1. The van der Waals surface area contributed by atoms with Gasteiger partial charge in [0.2, 0.25) is 0 Å². The summed E-state index contributed by atoms with van der Waals surface area (Å²) >= 11 is 0. The van der Waals surface area contributed by atoms with E-state index >= 15 is 0 Å². The highest BCUT2D eigenvalue weighted by atomic mass is 28.3. The zero-order valence-corrected chi connectivity index (χ0v) is 10.7. The third kappa shape index (κ3) is 4.31. The molecular weight excluding hydrogens is 224 g/mol. The van der Waals surface area contributed by atoms with Gasteiger partial charge in [0.25, 0.3) is 0 Å². The lowest BCUT2D eigenvalue weighted by atomic mass is 10.3. The maximum atomic E-state index is 10.4. The lowest BCUT2D eigenvalue weighted by molar-refractivity contribution is -0.445. The van der Waals surface area contributed by atoms with Crippen molar-refractivity contribution < 1.29 is 9.77 Å². The first-order chi connectivity index (χ1) is 7.38. The predicted octanol–water partition coefficient (Wildman–Crippen LogP) is 2.55. The van der Waals surface area contributed by atoms with E-state index < -0.39 is 13.1 Å². The molecular formula is C10H16N2O3Si. The Morgan fingerprint density at radius 2 is 2.00 bits per heavy atom. The maximum absolute atomic E-state index is 10.4. The molecule has 16 heavy (non-hydrogen) atoms. The molecule has 1 aromatic rings. The number of hydrazine groups is 1. The summed E-state index contributed by atoms with van der Waals surface area (Å²) in [6.07, 6.45) is 0.642. The molecule has 1 N–H and O–H groups in total. The van der Waals surface area contributed by atoms with Gasteiger partial charge in [-0.2, -0.15) is 0 Å². The predicted molar refractivity (Wildman–Crippen MR) is 65.9 cm³/mol. The standard InChI is InChI=1S/C10H16N2O3Si/c1-16(2,3)8-15-10-7-5-4-6-9(10)11-12(13)14/h4-7,11H,8H2,1-3H3. The summed E-state index contributed by atoms with van der Waals surface area (Å²) in [6, 6.07) is 6.88. The molecule has 0 amide bonds. The van der Waals surface area contributed by atoms with Gasteiger partial charge in [-0.15, -0.1) is 5.43 Å². The van der Waals surface area contributed by atoms with E-state index in [-0.39, 0.29) is 0 Å². The molecule has 0 unspecified atom stereocenters. The first kappa shape index (κ1) is 12.5. The van der Waals surface area contributed by atoms with Crippen LogP contribution in [0.5, 0.6) is 5.75 Å². The number of para-hydroxylation sites is 2. The van der Waals surface area contributed by atoms with Crippen molar-refractivity contribution in [2.75, 3.05) is 11.7 Å². The molecule has 0 bridgehead atoms. The van der Waals surface area contributed by atoms with E-state index in [9.17, 15) is 10.1 Å². The Hall–Kier alpha value is -1.56. The smallest absolute Gasteiger partial charge is 0.162 e. The fraction of sp³-hybridized carbons (Fsp3) is 0.400. The second-order valence-electron chi connectivity index (χ2n) is 4.71. The van der Waals surface area contributed by atoms with Crippen LogP contribution in [0.2, 0.25) is 19.6 Å². The van der Waals surface area contributed by atoms with Crippen LogP contribution >= 0.6 is 0 Å². The fourth-order valence-corrected chi connectivity index (χ4v) is 1.67. The molecule has 0 aliphatic heterocycles. The van der Waals surface area contributed by atoms with Crippen LogP contribution in [-0.4, -0.2) is 19.3 Å². The SMILES string of the molecule is C[Si](C)(C)COc1ccccc1N[N+](=O)[O-]. The van der Waals surface area contributed by atoms with Gasteiger partial charge < -0.3 is 4.74 Å². The molecule has 0 spiro atoms. The third-order valence-electron chi connectivity index (χ3n) is 1.76. The van der Waals surface area contributed by atoms with Crippen LogP contribution in [0.4, 0.5) is 5.69 Å². The van der Waals surface area contributed by atoms with Crippen LogP contribution in [0.3, 0.4) is 0 Å². The molecule has 0 saturated heterocycles. The minimum Gasteiger partial charge on any atom is -0.495 e. The number of benzene rings is 1. The zero-order valence-electron chi connectivity index (χ0n) is 9.69. The molecule has 1 rings (SSSR count). The summed E-state index contributed by atoms with van der Waals surface area (Å²) in [5.41, 5.74) is 2.52. The van der Waals surface area contributed by atoms with Gasteiger partial charge in [-0.1, -0.05) is 31.8 Å². The van der Waals surface area contributed by atoms with E-state index in [1.807, 2.05) is 0 Å². The van der Waals surface area contributed by atoms with Gasteiger partial charge in [0.15, 0.2) is 5.03 Å². The molecule has 0 aliphatic carbocycles. The van der Waals surface area contributed by atoms with Crippen molar-refractivity contribution in [2.24, 2.45) is 0 Å². The summed E-state index contributed by atoms with van der Waals surface area (Å²) in [5.74, 6) is 0.529. The van der Waals surface area contributed by atoms with Gasteiger partial charge in [0, 0.05) is 0 Å². The topological polar surface area (TPSA) is 64.4 Å². The fourth-order valence-electron chi connectivity index (χ4n) is 1.08. The van der Waals surface area contributed by atoms with Crippen LogP contribution in [0.15, 0.2) is 24.3 Å². The van der Waals surface area contributed by atoms with Crippen molar-refractivity contribution in [3.05, 3.63) is 34.4 Å². The van der Waals surface area contributed by atoms with Gasteiger partial charge in [0.1, 0.15) is 11.4 Å². The number of rotatable bonds is 5. The van der Waals surface area contributed by atoms with Gasteiger partial charge in [-0.25, -0.2) is 10.1 Å². The first-order valence-corrected chi connectivity index (χ1v) is 8.72. The normalized spacial score (nSPS) is 10.9. The highest BCUT2D eigenvalue weighted by Gasteiger charge is 2.16. The number of ether oxygens (including phenoxy) is 1. The van der Waals surface area contributed by atoms with E-state index in [1.165, 1.54) is 0 Å². The van der Waals surface area contributed by atoms with Crippen LogP contribution in [0.25, 0.3) is 0 Å². The monoisotopic (exact) mass is 240 g/mol. The summed E-state index contributed by atoms with van der Waals surface area (Å²) in [4.78, 5) is 10.4. The molecule has 0 fully saturated rings. The van der Waals surface area contributed by atoms with Crippen molar-refractivity contribution in [1.29, 1.82) is 0 Å². The number of hydrogen-bond donors (Lipinski definition) is 1. The molecule has 0 heterocycles. The number of hydrogen-bond acceptors (Lipinski definition) is 3. The Balaban J connectivity index is 2.75. The van der Waals surface area contributed by atoms with E-state index in [1.54, 1.807) is 24.3 Å². The Bertz CT molecular complexity index is 377. The minimum absolute atomic E-state index is 0.394. The molecule has 1 aromatic carbocycles. The van der Waals surface area contributed by atoms with Crippen molar-refractivity contribution in [3.8, 4) is 5.75 Å². The Labute approximate surface area is 95.6 Å². The van der Waals surface area contributed by atoms with Crippen molar-refractivity contribution >= 4 is 13.8 Å². The minimum atomic E-state index is -1.32. The summed E-state index contributed by atoms with van der Waals surface area (Å²) < 4.78 is 5.60. The maximum Gasteiger partial charge on any atom is 0.162 e. The summed E-state index contributed by atoms with van der Waals surface area (Å²) in [5, 5.41) is 9.78. The van der Waals surface area contributed by atoms with Crippen LogP contribution in [0, 0.1) is 10.1 Å². The van der Waals surface area contributed by atoms with Gasteiger partial charge >= 0.3 is 0 Å². The highest BCUT2D eigenvalue weighted by Crippen LogP contribution is 2.24. The Morgan fingerprint density at radius 3 is 2.56 bits per heavy atom. The first-order valence-electron chi connectivity index (χ1n) is 5.01. The molecule has 0 aliphatic rings. The molecule has 6 heteroatoms. The Morgan fingerprint density at radius 1 is 1.38 bits per heavy atom. The summed E-state index contributed by atoms with van der Waals surface area (Å²) in [7, 11) is -1.32. The third-order valence-corrected chi connectivity index (χ3v) is 2.77. The summed E-state index contributed by atoms with van der Waals surface area (Å²) in [6.45, 7) is 6.53. The van der Waals surface area contributed by atoms with Gasteiger partial charge in [0.05, 0.1) is 14.3 Å². The lowest BCUT2D eigenvalue weighted by Gasteiger charge is -2.17. The van der Waals surface area contributed by atoms with E-state index in [0.29, 0.717) is 17.7 Å². The molecule has 0 aromatic heterocycles. The largest absolute Gasteiger partial charge is 0.495 e. The van der Waals surface area contributed by atoms with Crippen LogP contribution in [0.1, 0.15) is 0 Å². The van der Waals surface area contributed by atoms with Crippen molar-refractivity contribution in [2.45, 2.75) is 19.6 Å².